The topological polar surface area (TPSA) is 78.9 Å². The van der Waals surface area contributed by atoms with Gasteiger partial charge in [-0.1, -0.05) is 18.2 Å². The van der Waals surface area contributed by atoms with E-state index in [0.29, 0.717) is 32.4 Å². The Balaban J connectivity index is 1.84. The molecule has 1 fully saturated rings. The first-order valence-corrected chi connectivity index (χ1v) is 7.91. The van der Waals surface area contributed by atoms with E-state index < -0.39 is 5.60 Å². The second-order valence-corrected chi connectivity index (χ2v) is 5.97. The molecule has 1 atom stereocenters. The highest BCUT2D eigenvalue weighted by molar-refractivity contribution is 5.83. The number of carbonyl (C=O) groups is 2. The number of benzene rings is 1. The van der Waals surface area contributed by atoms with Gasteiger partial charge >= 0.3 is 0 Å². The maximum Gasteiger partial charge on any atom is 0.241 e. The number of rotatable bonds is 5. The summed E-state index contributed by atoms with van der Waals surface area (Å²) in [5, 5.41) is 13.2. The lowest BCUT2D eigenvalue weighted by Crippen LogP contribution is -2.41. The third-order valence-electron chi connectivity index (χ3n) is 4.01. The van der Waals surface area contributed by atoms with Crippen molar-refractivity contribution < 1.29 is 19.4 Å². The van der Waals surface area contributed by atoms with Gasteiger partial charge in [0.05, 0.1) is 6.54 Å². The number of likely N-dealkylation sites (tertiary alicyclic amines) is 1. The molecule has 2 rings (SSSR count). The summed E-state index contributed by atoms with van der Waals surface area (Å²) in [6.07, 6.45) is 1.76. The maximum atomic E-state index is 12.0. The van der Waals surface area contributed by atoms with Crippen molar-refractivity contribution in [3.05, 3.63) is 30.3 Å². The Morgan fingerprint density at radius 1 is 1.26 bits per heavy atom. The molecule has 0 aliphatic carbocycles. The van der Waals surface area contributed by atoms with Crippen LogP contribution in [-0.2, 0) is 9.59 Å². The Hall–Kier alpha value is -2.08. The fourth-order valence-electron chi connectivity index (χ4n) is 2.62. The van der Waals surface area contributed by atoms with E-state index in [4.69, 9.17) is 4.74 Å². The minimum Gasteiger partial charge on any atom is -0.491 e. The minimum atomic E-state index is -0.932. The molecule has 0 aromatic heterocycles. The molecule has 2 amide bonds. The van der Waals surface area contributed by atoms with Crippen LogP contribution in [0, 0.1) is 0 Å². The number of carbonyl (C=O) groups excluding carboxylic acids is 2. The molecule has 0 bridgehead atoms. The van der Waals surface area contributed by atoms with Gasteiger partial charge in [0.1, 0.15) is 18.0 Å². The fraction of sp³-hybridized carbons (Fsp3) is 0.529. The van der Waals surface area contributed by atoms with Crippen LogP contribution in [0.5, 0.6) is 5.75 Å². The Kier molecular flexibility index (Phi) is 5.98. The molecule has 126 valence electrons. The molecule has 0 unspecified atom stereocenters. The quantitative estimate of drug-likeness (QED) is 0.846. The van der Waals surface area contributed by atoms with Crippen molar-refractivity contribution >= 4 is 11.8 Å². The number of aliphatic hydroxyl groups is 1. The summed E-state index contributed by atoms with van der Waals surface area (Å²) in [4.78, 5) is 24.6. The zero-order valence-corrected chi connectivity index (χ0v) is 13.5. The molecule has 1 aromatic rings. The molecule has 6 heteroatoms. The van der Waals surface area contributed by atoms with Crippen molar-refractivity contribution in [3.63, 3.8) is 0 Å². The third kappa shape index (κ3) is 5.56. The molecule has 0 saturated carbocycles. The smallest absolute Gasteiger partial charge is 0.241 e. The Bertz CT molecular complexity index is 535. The first-order chi connectivity index (χ1) is 11.0. The van der Waals surface area contributed by atoms with E-state index in [1.165, 1.54) is 6.92 Å². The van der Waals surface area contributed by atoms with Gasteiger partial charge in [0, 0.05) is 20.0 Å². The number of hydrogen-bond donors (Lipinski definition) is 2. The molecule has 1 saturated heterocycles. The van der Waals surface area contributed by atoms with Crippen molar-refractivity contribution in [3.8, 4) is 5.75 Å². The van der Waals surface area contributed by atoms with Crippen LogP contribution in [0.4, 0.5) is 0 Å². The van der Waals surface area contributed by atoms with Crippen LogP contribution in [0.15, 0.2) is 30.3 Å². The Labute approximate surface area is 136 Å². The average molecular weight is 320 g/mol. The predicted molar refractivity (Wildman–Crippen MR) is 86.0 cm³/mol. The minimum absolute atomic E-state index is 0.00821. The van der Waals surface area contributed by atoms with Crippen LogP contribution in [0.1, 0.15) is 26.2 Å². The molecule has 23 heavy (non-hydrogen) atoms. The highest BCUT2D eigenvalue weighted by Gasteiger charge is 2.32. The van der Waals surface area contributed by atoms with Gasteiger partial charge in [-0.15, -0.1) is 0 Å². The third-order valence-corrected chi connectivity index (χ3v) is 4.01. The van der Waals surface area contributed by atoms with E-state index in [1.54, 1.807) is 4.90 Å². The summed E-state index contributed by atoms with van der Waals surface area (Å²) < 4.78 is 5.67. The standard InChI is InChI=1S/C17H24N2O4/c1-14(20)18-12-16(21)19-10-5-8-17(22,9-11-19)13-23-15-6-3-2-4-7-15/h2-4,6-7,22H,5,8-13H2,1H3,(H,18,20)/t17-/m1/s1. The monoisotopic (exact) mass is 320 g/mol. The van der Waals surface area contributed by atoms with E-state index in [0.717, 1.165) is 5.75 Å². The van der Waals surface area contributed by atoms with Gasteiger partial charge in [-0.3, -0.25) is 9.59 Å². The first-order valence-electron chi connectivity index (χ1n) is 7.91. The van der Waals surface area contributed by atoms with Crippen LogP contribution in [0.3, 0.4) is 0 Å². The SMILES string of the molecule is CC(=O)NCC(=O)N1CCC[C@](O)(COc2ccccc2)CC1. The van der Waals surface area contributed by atoms with E-state index in [1.807, 2.05) is 30.3 Å². The number of amides is 2. The van der Waals surface area contributed by atoms with Crippen molar-refractivity contribution in [2.75, 3.05) is 26.2 Å². The second-order valence-electron chi connectivity index (χ2n) is 5.97. The number of nitrogens with zero attached hydrogens (tertiary/aromatic N) is 1. The van der Waals surface area contributed by atoms with Gasteiger partial charge in [0.2, 0.25) is 11.8 Å². The van der Waals surface area contributed by atoms with Crippen LogP contribution >= 0.6 is 0 Å². The lowest BCUT2D eigenvalue weighted by Gasteiger charge is -2.27. The van der Waals surface area contributed by atoms with Crippen LogP contribution in [-0.4, -0.2) is 53.7 Å². The Morgan fingerprint density at radius 3 is 2.70 bits per heavy atom. The van der Waals surface area contributed by atoms with Gasteiger partial charge in [0.15, 0.2) is 0 Å². The summed E-state index contributed by atoms with van der Waals surface area (Å²) in [6, 6.07) is 9.38. The zero-order chi connectivity index (χ0) is 16.7. The normalized spacial score (nSPS) is 21.4. The van der Waals surface area contributed by atoms with Gasteiger partial charge in [-0.05, 0) is 31.4 Å². The molecule has 0 spiro atoms. The zero-order valence-electron chi connectivity index (χ0n) is 13.5. The summed E-state index contributed by atoms with van der Waals surface area (Å²) in [7, 11) is 0. The van der Waals surface area contributed by atoms with Crippen LogP contribution in [0.2, 0.25) is 0 Å². The molecule has 6 nitrogen and oxygen atoms in total. The van der Waals surface area contributed by atoms with E-state index >= 15 is 0 Å². The molecular formula is C17H24N2O4. The van der Waals surface area contributed by atoms with Gasteiger partial charge in [0.25, 0.3) is 0 Å². The average Bonchev–Trinajstić information content (AvgIpc) is 2.74. The molecule has 1 heterocycles. The van der Waals surface area contributed by atoms with Crippen LogP contribution < -0.4 is 10.1 Å². The number of para-hydroxylation sites is 1. The first kappa shape index (κ1) is 17.3. The van der Waals surface area contributed by atoms with Crippen molar-refractivity contribution in [2.24, 2.45) is 0 Å². The molecule has 0 radical (unpaired) electrons. The molecule has 1 aromatic carbocycles. The number of ether oxygens (including phenoxy) is 1. The largest absolute Gasteiger partial charge is 0.491 e. The highest BCUT2D eigenvalue weighted by Crippen LogP contribution is 2.24. The molecule has 1 aliphatic rings. The van der Waals surface area contributed by atoms with Crippen molar-refractivity contribution in [2.45, 2.75) is 31.8 Å². The second kappa shape index (κ2) is 7.97. The maximum absolute atomic E-state index is 12.0. The van der Waals surface area contributed by atoms with E-state index in [9.17, 15) is 14.7 Å². The van der Waals surface area contributed by atoms with E-state index in [-0.39, 0.29) is 25.0 Å². The molecular weight excluding hydrogens is 296 g/mol. The predicted octanol–water partition coefficient (Wildman–Crippen LogP) is 0.945. The number of hydrogen-bond acceptors (Lipinski definition) is 4. The lowest BCUT2D eigenvalue weighted by atomic mass is 9.96. The lowest BCUT2D eigenvalue weighted by molar-refractivity contribution is -0.132. The van der Waals surface area contributed by atoms with Crippen molar-refractivity contribution in [1.82, 2.24) is 10.2 Å². The summed E-state index contributed by atoms with van der Waals surface area (Å²) in [5.74, 6) is 0.387. The summed E-state index contributed by atoms with van der Waals surface area (Å²) in [5.41, 5.74) is -0.932. The van der Waals surface area contributed by atoms with Crippen LogP contribution in [0.25, 0.3) is 0 Å². The number of nitrogens with one attached hydrogen (secondary N) is 1. The molecule has 1 aliphatic heterocycles. The molecule has 2 N–H and O–H groups in total. The van der Waals surface area contributed by atoms with Gasteiger partial charge in [-0.25, -0.2) is 0 Å². The van der Waals surface area contributed by atoms with Crippen molar-refractivity contribution in [1.29, 1.82) is 0 Å². The highest BCUT2D eigenvalue weighted by atomic mass is 16.5. The Morgan fingerprint density at radius 2 is 2.00 bits per heavy atom. The van der Waals surface area contributed by atoms with Gasteiger partial charge in [-0.2, -0.15) is 0 Å². The fourth-order valence-corrected chi connectivity index (χ4v) is 2.62. The van der Waals surface area contributed by atoms with Gasteiger partial charge < -0.3 is 20.1 Å². The summed E-state index contributed by atoms with van der Waals surface area (Å²) >= 11 is 0. The summed E-state index contributed by atoms with van der Waals surface area (Å²) in [6.45, 7) is 2.66. The van der Waals surface area contributed by atoms with E-state index in [2.05, 4.69) is 5.32 Å².